The fraction of sp³-hybridized carbons (Fsp3) is 0.154. The van der Waals surface area contributed by atoms with E-state index in [0.717, 1.165) is 0 Å². The summed E-state index contributed by atoms with van der Waals surface area (Å²) >= 11 is 0. The van der Waals surface area contributed by atoms with Crippen molar-refractivity contribution < 1.29 is 4.92 Å². The second-order valence-electron chi connectivity index (χ2n) is 4.21. The Balaban J connectivity index is 2.35. The van der Waals surface area contributed by atoms with Gasteiger partial charge in [-0.2, -0.15) is 5.26 Å². The van der Waals surface area contributed by atoms with Crippen LogP contribution in [0.5, 0.6) is 0 Å². The van der Waals surface area contributed by atoms with Crippen molar-refractivity contribution >= 4 is 17.3 Å². The average Bonchev–Trinajstić information content (AvgIpc) is 2.40. The molecule has 0 unspecified atom stereocenters. The molecule has 0 aliphatic heterocycles. The van der Waals surface area contributed by atoms with E-state index in [4.69, 9.17) is 5.26 Å². The second-order valence-corrected chi connectivity index (χ2v) is 4.21. The molecular formula is C13H11N5O2. The summed E-state index contributed by atoms with van der Waals surface area (Å²) in [7, 11) is 0. The van der Waals surface area contributed by atoms with Gasteiger partial charge in [0.15, 0.2) is 0 Å². The van der Waals surface area contributed by atoms with Crippen molar-refractivity contribution in [1.29, 1.82) is 5.26 Å². The first-order chi connectivity index (χ1) is 9.49. The number of nitrogens with zero attached hydrogens (tertiary/aromatic N) is 4. The summed E-state index contributed by atoms with van der Waals surface area (Å²) in [6, 6.07) is 8.24. The number of aromatic nitrogens is 2. The maximum absolute atomic E-state index is 10.9. The normalized spacial score (nSPS) is 9.85. The average molecular weight is 269 g/mol. The highest BCUT2D eigenvalue weighted by molar-refractivity contribution is 5.60. The highest BCUT2D eigenvalue weighted by Gasteiger charge is 2.11. The molecule has 0 fully saturated rings. The molecule has 0 radical (unpaired) electrons. The number of rotatable bonds is 3. The molecular weight excluding hydrogens is 258 g/mol. The summed E-state index contributed by atoms with van der Waals surface area (Å²) < 4.78 is 0. The number of nitrogens with one attached hydrogen (secondary N) is 1. The van der Waals surface area contributed by atoms with Crippen LogP contribution in [0.15, 0.2) is 24.3 Å². The Morgan fingerprint density at radius 3 is 2.70 bits per heavy atom. The van der Waals surface area contributed by atoms with Crippen LogP contribution in [0.2, 0.25) is 0 Å². The first-order valence-corrected chi connectivity index (χ1v) is 5.77. The molecule has 20 heavy (non-hydrogen) atoms. The van der Waals surface area contributed by atoms with Crippen LogP contribution in [0, 0.1) is 35.3 Å². The summed E-state index contributed by atoms with van der Waals surface area (Å²) in [4.78, 5) is 18.6. The van der Waals surface area contributed by atoms with Gasteiger partial charge in [-0.05, 0) is 26.0 Å². The number of anilines is 2. The van der Waals surface area contributed by atoms with E-state index in [2.05, 4.69) is 15.3 Å². The third-order valence-corrected chi connectivity index (χ3v) is 2.63. The summed E-state index contributed by atoms with van der Waals surface area (Å²) in [6.45, 7) is 3.41. The van der Waals surface area contributed by atoms with Crippen molar-refractivity contribution in [2.24, 2.45) is 0 Å². The predicted octanol–water partition coefficient (Wildman–Crippen LogP) is 2.62. The topological polar surface area (TPSA) is 105 Å². The summed E-state index contributed by atoms with van der Waals surface area (Å²) in [5.41, 5.74) is 1.96. The molecule has 100 valence electrons. The Kier molecular flexibility index (Phi) is 3.57. The van der Waals surface area contributed by atoms with Gasteiger partial charge >= 0.3 is 0 Å². The van der Waals surface area contributed by atoms with Crippen LogP contribution in [0.4, 0.5) is 17.3 Å². The van der Waals surface area contributed by atoms with Crippen molar-refractivity contribution in [3.8, 4) is 6.07 Å². The van der Waals surface area contributed by atoms with Crippen molar-refractivity contribution in [2.45, 2.75) is 13.8 Å². The van der Waals surface area contributed by atoms with Crippen LogP contribution in [0.3, 0.4) is 0 Å². The Bertz CT molecular complexity index is 721. The number of nitro benzene ring substituents is 1. The minimum absolute atomic E-state index is 0.0168. The Morgan fingerprint density at radius 1 is 1.30 bits per heavy atom. The molecule has 0 spiro atoms. The number of benzene rings is 1. The van der Waals surface area contributed by atoms with Gasteiger partial charge in [-0.3, -0.25) is 10.1 Å². The van der Waals surface area contributed by atoms with E-state index < -0.39 is 4.92 Å². The van der Waals surface area contributed by atoms with E-state index in [1.165, 1.54) is 6.07 Å². The molecule has 1 aromatic carbocycles. The summed E-state index contributed by atoms with van der Waals surface area (Å²) in [5, 5.41) is 22.6. The van der Waals surface area contributed by atoms with Gasteiger partial charge in [-0.1, -0.05) is 6.07 Å². The highest BCUT2D eigenvalue weighted by atomic mass is 16.6. The van der Waals surface area contributed by atoms with Crippen LogP contribution in [-0.4, -0.2) is 14.9 Å². The van der Waals surface area contributed by atoms with Crippen molar-refractivity contribution in [2.75, 3.05) is 5.32 Å². The Morgan fingerprint density at radius 2 is 2.05 bits per heavy atom. The van der Waals surface area contributed by atoms with Crippen LogP contribution < -0.4 is 5.32 Å². The summed E-state index contributed by atoms with van der Waals surface area (Å²) in [6.07, 6.45) is 0. The zero-order chi connectivity index (χ0) is 14.7. The molecule has 7 nitrogen and oxygen atoms in total. The largest absolute Gasteiger partial charge is 0.324 e. The maximum Gasteiger partial charge on any atom is 0.274 e. The van der Waals surface area contributed by atoms with Crippen LogP contribution >= 0.6 is 0 Å². The fourth-order valence-electron chi connectivity index (χ4n) is 1.69. The zero-order valence-electron chi connectivity index (χ0n) is 10.9. The molecule has 0 aliphatic rings. The minimum atomic E-state index is -0.446. The molecule has 2 aromatic rings. The monoisotopic (exact) mass is 269 g/mol. The number of hydrogen-bond acceptors (Lipinski definition) is 6. The number of nitriles is 1. The lowest BCUT2D eigenvalue weighted by molar-refractivity contribution is -0.385. The predicted molar refractivity (Wildman–Crippen MR) is 72.6 cm³/mol. The molecule has 1 N–H and O–H groups in total. The van der Waals surface area contributed by atoms with E-state index in [1.54, 1.807) is 32.0 Å². The molecule has 0 saturated carbocycles. The molecule has 7 heteroatoms. The van der Waals surface area contributed by atoms with Gasteiger partial charge in [0.1, 0.15) is 11.8 Å². The fourth-order valence-corrected chi connectivity index (χ4v) is 1.69. The maximum atomic E-state index is 10.9. The summed E-state index contributed by atoms with van der Waals surface area (Å²) in [5.74, 6) is 0.236. The lowest BCUT2D eigenvalue weighted by atomic mass is 10.2. The highest BCUT2D eigenvalue weighted by Crippen LogP contribution is 2.23. The first-order valence-electron chi connectivity index (χ1n) is 5.77. The lowest BCUT2D eigenvalue weighted by Gasteiger charge is -2.06. The Labute approximate surface area is 115 Å². The molecule has 1 heterocycles. The molecule has 0 atom stereocenters. The van der Waals surface area contributed by atoms with Gasteiger partial charge in [0, 0.05) is 23.0 Å². The van der Waals surface area contributed by atoms with Crippen LogP contribution in [0.25, 0.3) is 0 Å². The number of nitro groups is 1. The molecule has 0 aliphatic carbocycles. The van der Waals surface area contributed by atoms with Gasteiger partial charge in [-0.15, -0.1) is 0 Å². The van der Waals surface area contributed by atoms with Gasteiger partial charge in [0.25, 0.3) is 5.69 Å². The van der Waals surface area contributed by atoms with Crippen molar-refractivity contribution in [3.05, 3.63) is 51.3 Å². The van der Waals surface area contributed by atoms with E-state index in [0.29, 0.717) is 16.9 Å². The van der Waals surface area contributed by atoms with Crippen LogP contribution in [0.1, 0.15) is 17.0 Å². The molecule has 0 saturated heterocycles. The zero-order valence-corrected chi connectivity index (χ0v) is 10.9. The van der Waals surface area contributed by atoms with E-state index in [-0.39, 0.29) is 17.3 Å². The number of hydrogen-bond donors (Lipinski definition) is 1. The minimum Gasteiger partial charge on any atom is -0.324 e. The van der Waals surface area contributed by atoms with Crippen molar-refractivity contribution in [1.82, 2.24) is 9.97 Å². The van der Waals surface area contributed by atoms with Gasteiger partial charge in [0.05, 0.1) is 4.92 Å². The van der Waals surface area contributed by atoms with Gasteiger partial charge in [-0.25, -0.2) is 9.97 Å². The van der Waals surface area contributed by atoms with Crippen LogP contribution in [-0.2, 0) is 0 Å². The molecule has 2 rings (SSSR count). The van der Waals surface area contributed by atoms with E-state index in [9.17, 15) is 10.1 Å². The first kappa shape index (κ1) is 13.4. The van der Waals surface area contributed by atoms with Crippen molar-refractivity contribution in [3.63, 3.8) is 0 Å². The van der Waals surface area contributed by atoms with E-state index >= 15 is 0 Å². The molecule has 1 aromatic heterocycles. The standard InChI is InChI=1S/C13H11N5O2/c1-8-3-4-10(6-12(8)18(19)20)16-13-15-9(2)5-11(7-14)17-13/h3-6H,1-2H3,(H,15,16,17). The SMILES string of the molecule is Cc1cc(C#N)nc(Nc2ccc(C)c([N+](=O)[O-])c2)n1. The third-order valence-electron chi connectivity index (χ3n) is 2.63. The molecule has 0 bridgehead atoms. The van der Waals surface area contributed by atoms with Gasteiger partial charge < -0.3 is 5.32 Å². The quantitative estimate of drug-likeness (QED) is 0.678. The lowest BCUT2D eigenvalue weighted by Crippen LogP contribution is -2.01. The second kappa shape index (κ2) is 5.32. The van der Waals surface area contributed by atoms with Gasteiger partial charge in [0.2, 0.25) is 5.95 Å². The Hall–Kier alpha value is -3.01. The number of aryl methyl sites for hydroxylation is 2. The van der Waals surface area contributed by atoms with E-state index in [1.807, 2.05) is 6.07 Å². The smallest absolute Gasteiger partial charge is 0.274 e. The molecule has 0 amide bonds. The third kappa shape index (κ3) is 2.87.